The maximum absolute atomic E-state index is 13.6. The number of halogens is 1. The smallest absolute Gasteiger partial charge is 0.251 e. The summed E-state index contributed by atoms with van der Waals surface area (Å²) in [4.78, 5) is 14.9. The topological polar surface area (TPSA) is 41.6 Å². The average molecular weight is 397 g/mol. The summed E-state index contributed by atoms with van der Waals surface area (Å²) >= 11 is 0. The van der Waals surface area contributed by atoms with Crippen LogP contribution in [-0.2, 0) is 0 Å². The van der Waals surface area contributed by atoms with Gasteiger partial charge in [-0.05, 0) is 74.2 Å². The third-order valence-electron chi connectivity index (χ3n) is 5.47. The highest BCUT2D eigenvalue weighted by Crippen LogP contribution is 2.29. The van der Waals surface area contributed by atoms with Crippen LogP contribution >= 0.6 is 0 Å². The van der Waals surface area contributed by atoms with Crippen LogP contribution in [0.5, 0.6) is 5.75 Å². The number of carbonyl (C=O) groups is 1. The summed E-state index contributed by atoms with van der Waals surface area (Å²) in [6, 6.07) is 10.9. The highest BCUT2D eigenvalue weighted by molar-refractivity contribution is 5.94. The molecule has 0 aliphatic carbocycles. The summed E-state index contributed by atoms with van der Waals surface area (Å²) in [6.07, 6.45) is 2.61. The van der Waals surface area contributed by atoms with E-state index < -0.39 is 0 Å². The van der Waals surface area contributed by atoms with E-state index in [1.54, 1.807) is 19.1 Å². The van der Waals surface area contributed by atoms with Crippen LogP contribution in [-0.4, -0.2) is 36.5 Å². The van der Waals surface area contributed by atoms with Crippen LogP contribution < -0.4 is 10.1 Å². The predicted molar refractivity (Wildman–Crippen MR) is 114 cm³/mol. The molecule has 1 unspecified atom stereocenters. The number of benzene rings is 2. The molecule has 1 aliphatic heterocycles. The standard InChI is InChI=1S/C24H29FN2O2/c1-5-10-29-22-6-7-23(17(3)13-22)18(4)27-9-8-21(15-27)26-24(28)19-11-16(2)12-20(25)14-19/h5-7,11-14,18,21H,1,8-10,15H2,2-4H3,(H,26,28)/t18?,21-/m1/s1. The lowest BCUT2D eigenvalue weighted by atomic mass is 10.0. The van der Waals surface area contributed by atoms with Gasteiger partial charge in [-0.15, -0.1) is 0 Å². The first kappa shape index (κ1) is 21.1. The molecule has 29 heavy (non-hydrogen) atoms. The minimum atomic E-state index is -0.382. The van der Waals surface area contributed by atoms with Gasteiger partial charge in [0, 0.05) is 30.7 Å². The number of carbonyl (C=O) groups excluding carboxylic acids is 1. The van der Waals surface area contributed by atoms with Crippen LogP contribution in [0.3, 0.4) is 0 Å². The lowest BCUT2D eigenvalue weighted by molar-refractivity contribution is 0.0936. The minimum Gasteiger partial charge on any atom is -0.490 e. The molecule has 3 rings (SSSR count). The number of nitrogens with zero attached hydrogens (tertiary/aromatic N) is 1. The number of ether oxygens (including phenoxy) is 1. The van der Waals surface area contributed by atoms with Gasteiger partial charge in [-0.3, -0.25) is 9.69 Å². The van der Waals surface area contributed by atoms with Crippen LogP contribution in [0.2, 0.25) is 0 Å². The van der Waals surface area contributed by atoms with E-state index in [9.17, 15) is 9.18 Å². The summed E-state index contributed by atoms with van der Waals surface area (Å²) in [5, 5.41) is 3.06. The van der Waals surface area contributed by atoms with Gasteiger partial charge in [0.2, 0.25) is 0 Å². The van der Waals surface area contributed by atoms with Gasteiger partial charge >= 0.3 is 0 Å². The number of hydrogen-bond acceptors (Lipinski definition) is 3. The van der Waals surface area contributed by atoms with Gasteiger partial charge < -0.3 is 10.1 Å². The zero-order valence-corrected chi connectivity index (χ0v) is 17.4. The fraction of sp³-hybridized carbons (Fsp3) is 0.375. The first-order chi connectivity index (χ1) is 13.9. The normalized spacial score (nSPS) is 17.7. The second kappa shape index (κ2) is 9.23. The Kier molecular flexibility index (Phi) is 6.70. The van der Waals surface area contributed by atoms with Crippen LogP contribution in [0, 0.1) is 19.7 Å². The van der Waals surface area contributed by atoms with Crippen molar-refractivity contribution in [1.29, 1.82) is 0 Å². The molecule has 2 atom stereocenters. The van der Waals surface area contributed by atoms with Crippen molar-refractivity contribution in [2.75, 3.05) is 19.7 Å². The second-order valence-corrected chi connectivity index (χ2v) is 7.77. The number of nitrogens with one attached hydrogen (secondary N) is 1. The van der Waals surface area contributed by atoms with Crippen molar-refractivity contribution in [3.05, 3.63) is 77.1 Å². The summed E-state index contributed by atoms with van der Waals surface area (Å²) in [6.45, 7) is 11.9. The summed E-state index contributed by atoms with van der Waals surface area (Å²) in [5.41, 5.74) is 3.55. The number of hydrogen-bond donors (Lipinski definition) is 1. The Balaban J connectivity index is 1.61. The molecule has 1 heterocycles. The molecule has 0 radical (unpaired) electrons. The van der Waals surface area contributed by atoms with Crippen LogP contribution in [0.25, 0.3) is 0 Å². The van der Waals surface area contributed by atoms with E-state index in [-0.39, 0.29) is 23.8 Å². The predicted octanol–water partition coefficient (Wildman–Crippen LogP) is 4.57. The Morgan fingerprint density at radius 3 is 2.83 bits per heavy atom. The zero-order valence-electron chi connectivity index (χ0n) is 17.4. The van der Waals surface area contributed by atoms with Crippen molar-refractivity contribution in [1.82, 2.24) is 10.2 Å². The van der Waals surface area contributed by atoms with Crippen molar-refractivity contribution in [2.45, 2.75) is 39.3 Å². The molecule has 1 saturated heterocycles. The molecule has 2 aromatic rings. The van der Waals surface area contributed by atoms with Crippen molar-refractivity contribution in [2.24, 2.45) is 0 Å². The average Bonchev–Trinajstić information content (AvgIpc) is 3.13. The summed E-state index contributed by atoms with van der Waals surface area (Å²) in [5.74, 6) is 0.245. The Labute approximate surface area is 172 Å². The lowest BCUT2D eigenvalue weighted by Gasteiger charge is -2.26. The van der Waals surface area contributed by atoms with Gasteiger partial charge in [-0.2, -0.15) is 0 Å². The summed E-state index contributed by atoms with van der Waals surface area (Å²) in [7, 11) is 0. The first-order valence-electron chi connectivity index (χ1n) is 10.0. The maximum Gasteiger partial charge on any atom is 0.251 e. The van der Waals surface area contributed by atoms with Crippen molar-refractivity contribution in [3.63, 3.8) is 0 Å². The molecule has 4 nitrogen and oxygen atoms in total. The van der Waals surface area contributed by atoms with Crippen LogP contribution in [0.4, 0.5) is 4.39 Å². The third kappa shape index (κ3) is 5.24. The Hall–Kier alpha value is -2.66. The minimum absolute atomic E-state index is 0.0593. The molecule has 0 spiro atoms. The molecule has 154 valence electrons. The fourth-order valence-corrected chi connectivity index (χ4v) is 3.95. The highest BCUT2D eigenvalue weighted by atomic mass is 19.1. The van der Waals surface area contributed by atoms with Gasteiger partial charge in [-0.25, -0.2) is 4.39 Å². The number of likely N-dealkylation sites (tertiary alicyclic amines) is 1. The van der Waals surface area contributed by atoms with Crippen LogP contribution in [0.1, 0.15) is 46.4 Å². The molecule has 1 fully saturated rings. The fourth-order valence-electron chi connectivity index (χ4n) is 3.95. The molecule has 0 saturated carbocycles. The first-order valence-corrected chi connectivity index (χ1v) is 10.0. The van der Waals surface area contributed by atoms with E-state index in [2.05, 4.69) is 42.8 Å². The lowest BCUT2D eigenvalue weighted by Crippen LogP contribution is -2.37. The zero-order chi connectivity index (χ0) is 21.0. The molecule has 2 aromatic carbocycles. The van der Waals surface area contributed by atoms with Gasteiger partial charge in [-0.1, -0.05) is 18.7 Å². The molecule has 5 heteroatoms. The number of amides is 1. The second-order valence-electron chi connectivity index (χ2n) is 7.77. The van der Waals surface area contributed by atoms with Crippen molar-refractivity contribution >= 4 is 5.91 Å². The van der Waals surface area contributed by atoms with Crippen molar-refractivity contribution in [3.8, 4) is 5.75 Å². The van der Waals surface area contributed by atoms with E-state index in [1.165, 1.54) is 23.3 Å². The Morgan fingerprint density at radius 2 is 2.14 bits per heavy atom. The molecule has 1 N–H and O–H groups in total. The maximum atomic E-state index is 13.6. The van der Waals surface area contributed by atoms with E-state index in [1.807, 2.05) is 6.07 Å². The van der Waals surface area contributed by atoms with Gasteiger partial charge in [0.05, 0.1) is 0 Å². The Morgan fingerprint density at radius 1 is 1.34 bits per heavy atom. The van der Waals surface area contributed by atoms with Gasteiger partial charge in [0.1, 0.15) is 18.2 Å². The molecule has 1 aliphatic rings. The van der Waals surface area contributed by atoms with Crippen LogP contribution in [0.15, 0.2) is 49.1 Å². The van der Waals surface area contributed by atoms with E-state index in [0.717, 1.165) is 30.8 Å². The SMILES string of the molecule is C=CCOc1ccc(C(C)N2CC[C@@H](NC(=O)c3cc(C)cc(F)c3)C2)c(C)c1. The van der Waals surface area contributed by atoms with Crippen molar-refractivity contribution < 1.29 is 13.9 Å². The van der Waals surface area contributed by atoms with Gasteiger partial charge in [0.15, 0.2) is 0 Å². The van der Waals surface area contributed by atoms with E-state index in [4.69, 9.17) is 4.74 Å². The molecule has 0 aromatic heterocycles. The monoisotopic (exact) mass is 396 g/mol. The molecular weight excluding hydrogens is 367 g/mol. The largest absolute Gasteiger partial charge is 0.490 e. The van der Waals surface area contributed by atoms with E-state index in [0.29, 0.717) is 12.2 Å². The quantitative estimate of drug-likeness (QED) is 0.697. The number of aryl methyl sites for hydroxylation is 2. The Bertz CT molecular complexity index is 876. The highest BCUT2D eigenvalue weighted by Gasteiger charge is 2.28. The van der Waals surface area contributed by atoms with Gasteiger partial charge in [0.25, 0.3) is 5.91 Å². The molecule has 0 bridgehead atoms. The summed E-state index contributed by atoms with van der Waals surface area (Å²) < 4.78 is 19.2. The van der Waals surface area contributed by atoms with E-state index >= 15 is 0 Å². The number of rotatable bonds is 7. The third-order valence-corrected chi connectivity index (χ3v) is 5.47. The molecular formula is C24H29FN2O2. The molecule has 1 amide bonds.